The summed E-state index contributed by atoms with van der Waals surface area (Å²) in [6.45, 7) is 9.20. The van der Waals surface area contributed by atoms with Crippen LogP contribution in [0.5, 0.6) is 0 Å². The van der Waals surface area contributed by atoms with Gasteiger partial charge in [-0.1, -0.05) is 43.9 Å². The highest BCUT2D eigenvalue weighted by Crippen LogP contribution is 2.24. The zero-order chi connectivity index (χ0) is 17.3. The molecule has 0 aliphatic carbocycles. The van der Waals surface area contributed by atoms with Crippen molar-refractivity contribution in [2.24, 2.45) is 7.05 Å². The number of aryl methyl sites for hydroxylation is 2. The Balaban J connectivity index is 2.05. The van der Waals surface area contributed by atoms with Gasteiger partial charge in [0.2, 0.25) is 5.69 Å². The fourth-order valence-corrected chi connectivity index (χ4v) is 3.90. The molecule has 122 valence electrons. The maximum Gasteiger partial charge on any atom is 0.213 e. The molecular weight excluding hydrogens is 308 g/mol. The van der Waals surface area contributed by atoms with Gasteiger partial charge < -0.3 is 0 Å². The Morgan fingerprint density at radius 2 is 1.71 bits per heavy atom. The van der Waals surface area contributed by atoms with Gasteiger partial charge in [-0.15, -0.1) is 0 Å². The van der Waals surface area contributed by atoms with E-state index in [0.717, 1.165) is 11.3 Å². The SMILES string of the molecule is Cc1ccccc1-c1cc(-c2ccc([Si](C)(C)C)cn2)cc[n+]1C. The van der Waals surface area contributed by atoms with Crippen LogP contribution in [-0.2, 0) is 7.05 Å². The van der Waals surface area contributed by atoms with Crippen molar-refractivity contribution in [1.82, 2.24) is 4.98 Å². The third-order valence-corrected chi connectivity index (χ3v) is 6.52. The Hall–Kier alpha value is -2.26. The molecule has 0 aliphatic heterocycles. The van der Waals surface area contributed by atoms with Crippen molar-refractivity contribution >= 4 is 13.3 Å². The summed E-state index contributed by atoms with van der Waals surface area (Å²) in [5.41, 5.74) is 5.95. The molecule has 3 rings (SSSR count). The van der Waals surface area contributed by atoms with Crippen molar-refractivity contribution < 1.29 is 4.57 Å². The maximum atomic E-state index is 4.73. The molecule has 1 aromatic carbocycles. The molecule has 0 atom stereocenters. The van der Waals surface area contributed by atoms with Crippen LogP contribution in [0.15, 0.2) is 60.9 Å². The molecule has 0 bridgehead atoms. The first kappa shape index (κ1) is 16.6. The number of pyridine rings is 2. The third kappa shape index (κ3) is 3.31. The molecule has 0 amide bonds. The lowest BCUT2D eigenvalue weighted by Crippen LogP contribution is -2.37. The number of aromatic nitrogens is 2. The lowest BCUT2D eigenvalue weighted by molar-refractivity contribution is -0.660. The van der Waals surface area contributed by atoms with E-state index < -0.39 is 8.07 Å². The molecular formula is C21H25N2Si+. The van der Waals surface area contributed by atoms with Gasteiger partial charge in [0.25, 0.3) is 0 Å². The quantitative estimate of drug-likeness (QED) is 0.521. The number of hydrogen-bond acceptors (Lipinski definition) is 1. The lowest BCUT2D eigenvalue weighted by Gasteiger charge is -2.16. The Morgan fingerprint density at radius 3 is 2.33 bits per heavy atom. The van der Waals surface area contributed by atoms with Crippen molar-refractivity contribution in [3.63, 3.8) is 0 Å². The van der Waals surface area contributed by atoms with Crippen LogP contribution in [0.1, 0.15) is 5.56 Å². The Kier molecular flexibility index (Phi) is 4.37. The van der Waals surface area contributed by atoms with Crippen molar-refractivity contribution in [3.8, 4) is 22.5 Å². The summed E-state index contributed by atoms with van der Waals surface area (Å²) in [6.07, 6.45) is 4.17. The summed E-state index contributed by atoms with van der Waals surface area (Å²) in [5.74, 6) is 0. The molecule has 0 aliphatic rings. The van der Waals surface area contributed by atoms with Crippen molar-refractivity contribution in [2.45, 2.75) is 26.6 Å². The minimum Gasteiger partial charge on any atom is -0.256 e. The zero-order valence-electron chi connectivity index (χ0n) is 15.2. The summed E-state index contributed by atoms with van der Waals surface area (Å²) in [6, 6.07) is 17.3. The minimum atomic E-state index is -1.30. The van der Waals surface area contributed by atoms with Gasteiger partial charge in [-0.3, -0.25) is 4.98 Å². The summed E-state index contributed by atoms with van der Waals surface area (Å²) in [4.78, 5) is 4.73. The van der Waals surface area contributed by atoms with Gasteiger partial charge in [-0.25, -0.2) is 4.57 Å². The molecule has 0 radical (unpaired) electrons. The highest BCUT2D eigenvalue weighted by Gasteiger charge is 2.18. The van der Waals surface area contributed by atoms with Crippen LogP contribution in [0.4, 0.5) is 0 Å². The molecule has 0 saturated heterocycles. The number of rotatable bonds is 3. The Labute approximate surface area is 145 Å². The topological polar surface area (TPSA) is 16.8 Å². The first-order valence-corrected chi connectivity index (χ1v) is 11.9. The van der Waals surface area contributed by atoms with Gasteiger partial charge in [0, 0.05) is 29.5 Å². The molecule has 0 saturated carbocycles. The number of hydrogen-bond donors (Lipinski definition) is 0. The van der Waals surface area contributed by atoms with Gasteiger partial charge in [-0.05, 0) is 29.8 Å². The van der Waals surface area contributed by atoms with E-state index in [0.29, 0.717) is 0 Å². The normalized spacial score (nSPS) is 11.5. The molecule has 0 N–H and O–H groups in total. The van der Waals surface area contributed by atoms with Gasteiger partial charge in [0.1, 0.15) is 7.05 Å². The van der Waals surface area contributed by atoms with E-state index in [1.807, 2.05) is 0 Å². The van der Waals surface area contributed by atoms with Crippen LogP contribution in [0.3, 0.4) is 0 Å². The number of benzene rings is 1. The molecule has 0 fully saturated rings. The van der Waals surface area contributed by atoms with Crippen molar-refractivity contribution in [2.75, 3.05) is 0 Å². The molecule has 0 unspecified atom stereocenters. The standard InChI is InChI=1S/C21H25N2Si/c1-16-8-6-7-9-19(16)21-14-17(12-13-23(21)2)20-11-10-18(15-22-20)24(3,4)5/h6-15H,1-5H3/q+1. The molecule has 2 aromatic heterocycles. The smallest absolute Gasteiger partial charge is 0.213 e. The second-order valence-electron chi connectivity index (χ2n) is 7.41. The van der Waals surface area contributed by atoms with E-state index in [1.54, 1.807) is 0 Å². The van der Waals surface area contributed by atoms with Crippen LogP contribution in [-0.4, -0.2) is 13.1 Å². The maximum absolute atomic E-state index is 4.73. The van der Waals surface area contributed by atoms with E-state index in [2.05, 4.69) is 99.1 Å². The van der Waals surface area contributed by atoms with Gasteiger partial charge in [-0.2, -0.15) is 0 Å². The lowest BCUT2D eigenvalue weighted by atomic mass is 10.0. The largest absolute Gasteiger partial charge is 0.256 e. The molecule has 24 heavy (non-hydrogen) atoms. The van der Waals surface area contributed by atoms with E-state index in [4.69, 9.17) is 4.98 Å². The fraction of sp³-hybridized carbons (Fsp3) is 0.238. The second kappa shape index (κ2) is 6.33. The predicted octanol–water partition coefficient (Wildman–Crippen LogP) is 4.09. The summed E-state index contributed by atoms with van der Waals surface area (Å²) in [7, 11) is 0.787. The van der Waals surface area contributed by atoms with Crippen molar-refractivity contribution in [1.29, 1.82) is 0 Å². The summed E-state index contributed by atoms with van der Waals surface area (Å²) >= 11 is 0. The number of nitrogens with zero attached hydrogens (tertiary/aromatic N) is 2. The zero-order valence-corrected chi connectivity index (χ0v) is 16.2. The average Bonchev–Trinajstić information content (AvgIpc) is 2.55. The predicted molar refractivity (Wildman–Crippen MR) is 104 cm³/mol. The minimum absolute atomic E-state index is 1.03. The fourth-order valence-electron chi connectivity index (χ4n) is 2.87. The van der Waals surface area contributed by atoms with E-state index >= 15 is 0 Å². The molecule has 2 nitrogen and oxygen atoms in total. The molecule has 3 aromatic rings. The van der Waals surface area contributed by atoms with Crippen LogP contribution in [0, 0.1) is 6.92 Å². The monoisotopic (exact) mass is 333 g/mol. The first-order valence-electron chi connectivity index (χ1n) is 8.39. The Bertz CT molecular complexity index is 862. The van der Waals surface area contributed by atoms with Crippen LogP contribution in [0.2, 0.25) is 19.6 Å². The second-order valence-corrected chi connectivity index (χ2v) is 12.5. The van der Waals surface area contributed by atoms with Crippen LogP contribution in [0.25, 0.3) is 22.5 Å². The van der Waals surface area contributed by atoms with Gasteiger partial charge in [0.15, 0.2) is 6.20 Å². The highest BCUT2D eigenvalue weighted by molar-refractivity contribution is 6.88. The first-order chi connectivity index (χ1) is 11.4. The Morgan fingerprint density at radius 1 is 0.958 bits per heavy atom. The summed E-state index contributed by atoms with van der Waals surface area (Å²) < 4.78 is 2.17. The molecule has 2 heterocycles. The third-order valence-electron chi connectivity index (χ3n) is 4.50. The molecule has 0 spiro atoms. The van der Waals surface area contributed by atoms with E-state index in [-0.39, 0.29) is 0 Å². The summed E-state index contributed by atoms with van der Waals surface area (Å²) in [5, 5.41) is 1.40. The average molecular weight is 334 g/mol. The van der Waals surface area contributed by atoms with E-state index in [1.165, 1.54) is 22.0 Å². The highest BCUT2D eigenvalue weighted by atomic mass is 28.3. The van der Waals surface area contributed by atoms with Crippen molar-refractivity contribution in [3.05, 3.63) is 66.5 Å². The van der Waals surface area contributed by atoms with E-state index in [9.17, 15) is 0 Å². The molecule has 3 heteroatoms. The van der Waals surface area contributed by atoms with Gasteiger partial charge in [0.05, 0.1) is 13.8 Å². The van der Waals surface area contributed by atoms with Crippen LogP contribution < -0.4 is 9.75 Å². The van der Waals surface area contributed by atoms with Crippen LogP contribution >= 0.6 is 0 Å². The van der Waals surface area contributed by atoms with Gasteiger partial charge >= 0.3 is 0 Å².